The molecular formula is C24H51NO7P+. The first-order chi connectivity index (χ1) is 16.4. The summed E-state index contributed by atoms with van der Waals surface area (Å²) in [6, 6.07) is 0. The Morgan fingerprint density at radius 3 is 2.00 bits per heavy atom. The maximum absolute atomic E-state index is 12.1. The zero-order valence-corrected chi connectivity index (χ0v) is 22.5. The molecule has 0 aromatic carbocycles. The van der Waals surface area contributed by atoms with Crippen molar-refractivity contribution in [1.82, 2.24) is 0 Å². The molecule has 0 aliphatic rings. The highest BCUT2D eigenvalue weighted by Gasteiger charge is 2.25. The Morgan fingerprint density at radius 1 is 0.939 bits per heavy atom. The highest BCUT2D eigenvalue weighted by molar-refractivity contribution is 7.47. The van der Waals surface area contributed by atoms with Crippen LogP contribution >= 0.6 is 7.82 Å². The van der Waals surface area contributed by atoms with Crippen molar-refractivity contribution in [2.75, 3.05) is 54.1 Å². The minimum absolute atomic E-state index is 0.0281. The van der Waals surface area contributed by atoms with Crippen LogP contribution in [0.2, 0.25) is 0 Å². The lowest BCUT2D eigenvalue weighted by Gasteiger charge is -2.24. The van der Waals surface area contributed by atoms with Gasteiger partial charge in [0.15, 0.2) is 0 Å². The summed E-state index contributed by atoms with van der Waals surface area (Å²) in [6.07, 6.45) is 10.9. The molecule has 0 spiro atoms. The van der Waals surface area contributed by atoms with E-state index in [0.717, 1.165) is 19.3 Å². The number of phosphoric acid groups is 1. The van der Waals surface area contributed by atoms with Crippen LogP contribution in [-0.4, -0.2) is 75.5 Å². The quantitative estimate of drug-likeness (QED) is 0.0860. The van der Waals surface area contributed by atoms with E-state index in [1.807, 2.05) is 21.1 Å². The zero-order chi connectivity index (χ0) is 26.7. The topological polar surface area (TPSA) is 91.3 Å². The van der Waals surface area contributed by atoms with Crippen molar-refractivity contribution < 1.29 is 40.0 Å². The number of esters is 1. The Kier molecular flexibility index (Phi) is 17.2. The molecule has 198 valence electrons. The minimum atomic E-state index is -4.32. The lowest BCUT2D eigenvalue weighted by molar-refractivity contribution is -0.870. The number of hydrogen-bond acceptors (Lipinski definition) is 6. The molecule has 0 heterocycles. The zero-order valence-electron chi connectivity index (χ0n) is 23.6. The molecule has 33 heavy (non-hydrogen) atoms. The molecule has 0 rings (SSSR count). The second-order valence-electron chi connectivity index (χ2n) is 9.52. The predicted octanol–water partition coefficient (Wildman–Crippen LogP) is 5.48. The van der Waals surface area contributed by atoms with Crippen LogP contribution in [0.1, 0.15) is 93.6 Å². The van der Waals surface area contributed by atoms with Crippen molar-refractivity contribution in [1.29, 1.82) is 0 Å². The van der Waals surface area contributed by atoms with Gasteiger partial charge in [-0.2, -0.15) is 0 Å². The second kappa shape index (κ2) is 19.8. The van der Waals surface area contributed by atoms with Gasteiger partial charge in [-0.25, -0.2) is 4.57 Å². The van der Waals surface area contributed by atoms with Crippen molar-refractivity contribution in [3.05, 3.63) is 0 Å². The number of hydrogen-bond donors (Lipinski definition) is 1. The average molecular weight is 501 g/mol. The predicted molar refractivity (Wildman–Crippen MR) is 132 cm³/mol. The van der Waals surface area contributed by atoms with E-state index in [2.05, 4.69) is 6.92 Å². The SMILES string of the molecule is [3H]C(CCCCCCCCCCCC)C([3H])OC[C@H](COP(=O)(O)OCC[N+](C)(C)C)OC(C)=O. The largest absolute Gasteiger partial charge is 0.472 e. The molecule has 0 amide bonds. The normalized spacial score (nSPS) is 17.5. The Morgan fingerprint density at radius 2 is 1.48 bits per heavy atom. The van der Waals surface area contributed by atoms with Crippen LogP contribution in [0, 0.1) is 0 Å². The third kappa shape index (κ3) is 24.4. The Bertz CT molecular complexity index is 593. The number of carbonyl (C=O) groups is 1. The summed E-state index contributed by atoms with van der Waals surface area (Å²) in [5.74, 6) is -0.602. The van der Waals surface area contributed by atoms with Gasteiger partial charge in [-0.1, -0.05) is 77.6 Å². The van der Waals surface area contributed by atoms with Gasteiger partial charge in [0.05, 0.1) is 35.7 Å². The highest BCUT2D eigenvalue weighted by atomic mass is 31.2. The van der Waals surface area contributed by atoms with Crippen LogP contribution in [0.5, 0.6) is 0 Å². The van der Waals surface area contributed by atoms with Crippen LogP contribution < -0.4 is 0 Å². The molecule has 3 unspecified atom stereocenters. The fraction of sp³-hybridized carbons (Fsp3) is 0.958. The molecule has 0 fully saturated rings. The van der Waals surface area contributed by atoms with Crippen molar-refractivity contribution in [2.24, 2.45) is 0 Å². The average Bonchev–Trinajstić information content (AvgIpc) is 2.75. The number of nitrogens with zero attached hydrogens (tertiary/aromatic N) is 1. The number of carbonyl (C=O) groups excluding carboxylic acids is 1. The van der Waals surface area contributed by atoms with E-state index in [-0.39, 0.29) is 13.2 Å². The summed E-state index contributed by atoms with van der Waals surface area (Å²) in [4.78, 5) is 21.2. The molecule has 9 heteroatoms. The van der Waals surface area contributed by atoms with E-state index in [0.29, 0.717) is 17.4 Å². The van der Waals surface area contributed by atoms with Gasteiger partial charge >= 0.3 is 13.8 Å². The molecule has 0 saturated heterocycles. The molecule has 0 saturated carbocycles. The smallest absolute Gasteiger partial charge is 0.458 e. The Hall–Kier alpha value is -0.500. The first kappa shape index (κ1) is 28.7. The molecular weight excluding hydrogens is 445 g/mol. The van der Waals surface area contributed by atoms with E-state index in [1.165, 1.54) is 51.9 Å². The van der Waals surface area contributed by atoms with E-state index < -0.39 is 39.5 Å². The molecule has 8 nitrogen and oxygen atoms in total. The summed E-state index contributed by atoms with van der Waals surface area (Å²) < 4.78 is 49.2. The molecule has 1 N–H and O–H groups in total. The van der Waals surface area contributed by atoms with Crippen molar-refractivity contribution in [3.63, 3.8) is 0 Å². The number of rotatable bonds is 23. The Balaban J connectivity index is 4.19. The van der Waals surface area contributed by atoms with E-state index in [9.17, 15) is 14.3 Å². The summed E-state index contributed by atoms with van der Waals surface area (Å²) in [7, 11) is 1.46. The van der Waals surface area contributed by atoms with Gasteiger partial charge in [-0.05, 0) is 6.40 Å². The number of likely N-dealkylation sites (N-methyl/N-ethyl adjacent to an activating group) is 1. The molecule has 0 radical (unpaired) electrons. The lowest BCUT2D eigenvalue weighted by Crippen LogP contribution is -2.37. The van der Waals surface area contributed by atoms with Gasteiger partial charge in [0.1, 0.15) is 19.3 Å². The van der Waals surface area contributed by atoms with Gasteiger partial charge in [0.25, 0.3) is 0 Å². The van der Waals surface area contributed by atoms with Gasteiger partial charge in [-0.3, -0.25) is 13.8 Å². The molecule has 0 bridgehead atoms. The van der Waals surface area contributed by atoms with Crippen LogP contribution in [0.4, 0.5) is 0 Å². The maximum atomic E-state index is 12.1. The summed E-state index contributed by atoms with van der Waals surface area (Å²) in [6.45, 7) is 2.24. The van der Waals surface area contributed by atoms with E-state index in [1.54, 1.807) is 0 Å². The van der Waals surface area contributed by atoms with Crippen LogP contribution in [0.25, 0.3) is 0 Å². The molecule has 0 aromatic heterocycles. The summed E-state index contributed by atoms with van der Waals surface area (Å²) >= 11 is 0. The molecule has 0 aromatic rings. The summed E-state index contributed by atoms with van der Waals surface area (Å²) in [5.41, 5.74) is 0. The standard InChI is InChI=1S/C24H50NO7P/c1-6-7-8-9-10-11-12-13-14-15-16-17-19-29-21-24(32-23(2)26)22-31-33(27,28)30-20-18-25(3,4)5/h24H,6-22H2,1-5H3/p+1/t24-/m1/s1/i17T,19T/t17?,19?,24-. The fourth-order valence-electron chi connectivity index (χ4n) is 3.04. The highest BCUT2D eigenvalue weighted by Crippen LogP contribution is 2.43. The maximum Gasteiger partial charge on any atom is 0.472 e. The monoisotopic (exact) mass is 500 g/mol. The second-order valence-corrected chi connectivity index (χ2v) is 11.0. The summed E-state index contributed by atoms with van der Waals surface area (Å²) in [5, 5.41) is 0. The fourth-order valence-corrected chi connectivity index (χ4v) is 3.79. The number of unbranched alkanes of at least 4 members (excludes halogenated alkanes) is 9. The third-order valence-electron chi connectivity index (χ3n) is 4.97. The van der Waals surface area contributed by atoms with Crippen LogP contribution in [-0.2, 0) is 27.9 Å². The number of ether oxygens (including phenoxy) is 2. The van der Waals surface area contributed by atoms with E-state index >= 15 is 0 Å². The van der Waals surface area contributed by atoms with Crippen LogP contribution in [0.3, 0.4) is 0 Å². The third-order valence-corrected chi connectivity index (χ3v) is 5.96. The minimum Gasteiger partial charge on any atom is -0.458 e. The Labute approximate surface area is 205 Å². The van der Waals surface area contributed by atoms with Crippen molar-refractivity contribution in [2.45, 2.75) is 97.0 Å². The number of quaternary nitrogens is 1. The molecule has 4 atom stereocenters. The van der Waals surface area contributed by atoms with Gasteiger partial charge < -0.3 is 18.9 Å². The lowest BCUT2D eigenvalue weighted by atomic mass is 10.1. The molecule has 0 aliphatic carbocycles. The van der Waals surface area contributed by atoms with Crippen molar-refractivity contribution in [3.8, 4) is 0 Å². The van der Waals surface area contributed by atoms with Gasteiger partial charge in [0, 0.05) is 14.9 Å². The van der Waals surface area contributed by atoms with Crippen molar-refractivity contribution >= 4 is 13.8 Å². The number of phosphoric ester groups is 1. The van der Waals surface area contributed by atoms with Crippen LogP contribution in [0.15, 0.2) is 0 Å². The first-order valence-electron chi connectivity index (χ1n) is 13.6. The first-order valence-corrected chi connectivity index (χ1v) is 13.9. The van der Waals surface area contributed by atoms with Gasteiger partial charge in [0.2, 0.25) is 0 Å². The van der Waals surface area contributed by atoms with E-state index in [4.69, 9.17) is 21.3 Å². The van der Waals surface area contributed by atoms with Gasteiger partial charge in [-0.15, -0.1) is 0 Å². The molecule has 0 aliphatic heterocycles.